The molecule has 9 heteroatoms. The second-order valence-electron chi connectivity index (χ2n) is 6.00. The molecule has 0 N–H and O–H groups in total. The van der Waals surface area contributed by atoms with E-state index >= 15 is 0 Å². The van der Waals surface area contributed by atoms with Crippen molar-refractivity contribution in [2.24, 2.45) is 0 Å². The van der Waals surface area contributed by atoms with Crippen LogP contribution in [0.2, 0.25) is 0 Å². The Kier molecular flexibility index (Phi) is 6.08. The van der Waals surface area contributed by atoms with Crippen LogP contribution in [0.15, 0.2) is 33.9 Å². The van der Waals surface area contributed by atoms with Crippen LogP contribution >= 0.6 is 11.8 Å². The maximum atomic E-state index is 12.3. The Morgan fingerprint density at radius 1 is 1.35 bits per heavy atom. The topological polar surface area (TPSA) is 68.5 Å². The van der Waals surface area contributed by atoms with Gasteiger partial charge in [-0.15, -0.1) is 10.2 Å². The molecule has 1 fully saturated rings. The zero-order chi connectivity index (χ0) is 18.5. The number of carbonyl (C=O) groups excluding carboxylic acids is 1. The fourth-order valence-corrected chi connectivity index (χ4v) is 3.49. The molecule has 0 saturated carbocycles. The van der Waals surface area contributed by atoms with Gasteiger partial charge in [0.2, 0.25) is 11.8 Å². The first-order valence-electron chi connectivity index (χ1n) is 8.34. The molecule has 1 saturated heterocycles. The van der Waals surface area contributed by atoms with Crippen molar-refractivity contribution in [1.82, 2.24) is 15.1 Å². The molecule has 0 bridgehead atoms. The molecule has 0 aliphatic carbocycles. The van der Waals surface area contributed by atoms with E-state index in [0.29, 0.717) is 10.8 Å². The Morgan fingerprint density at radius 2 is 2.12 bits per heavy atom. The van der Waals surface area contributed by atoms with Crippen molar-refractivity contribution < 1.29 is 22.7 Å². The van der Waals surface area contributed by atoms with Gasteiger partial charge in [-0.25, -0.2) is 0 Å². The number of carbonyl (C=O) groups is 1. The summed E-state index contributed by atoms with van der Waals surface area (Å²) in [5.74, 6) is 0.622. The number of piperidine rings is 1. The van der Waals surface area contributed by atoms with Gasteiger partial charge < -0.3 is 14.1 Å². The van der Waals surface area contributed by atoms with E-state index in [4.69, 9.17) is 4.42 Å². The molecule has 1 atom stereocenters. The number of amides is 1. The molecule has 1 amide bonds. The fourth-order valence-electron chi connectivity index (χ4n) is 2.84. The smallest absolute Gasteiger partial charge is 0.387 e. The van der Waals surface area contributed by atoms with Crippen LogP contribution in [0, 0.1) is 0 Å². The van der Waals surface area contributed by atoms with Gasteiger partial charge in [0, 0.05) is 18.2 Å². The van der Waals surface area contributed by atoms with E-state index in [1.165, 1.54) is 23.9 Å². The molecule has 6 nitrogen and oxygen atoms in total. The second kappa shape index (κ2) is 8.48. The van der Waals surface area contributed by atoms with Gasteiger partial charge in [-0.05, 0) is 50.5 Å². The summed E-state index contributed by atoms with van der Waals surface area (Å²) in [5.41, 5.74) is 0.585. The monoisotopic (exact) mass is 383 g/mol. The van der Waals surface area contributed by atoms with Crippen molar-refractivity contribution in [2.75, 3.05) is 12.3 Å². The minimum absolute atomic E-state index is 0.0547. The molecule has 2 heterocycles. The number of hydrogen-bond acceptors (Lipinski definition) is 6. The van der Waals surface area contributed by atoms with Gasteiger partial charge in [0.25, 0.3) is 5.22 Å². The minimum Gasteiger partial charge on any atom is -0.435 e. The Hall–Kier alpha value is -2.16. The highest BCUT2D eigenvalue weighted by atomic mass is 32.2. The maximum absolute atomic E-state index is 12.3. The zero-order valence-corrected chi connectivity index (χ0v) is 15.0. The molecular formula is C17H19F2N3O3S. The molecule has 1 aromatic carbocycles. The number of likely N-dealkylation sites (tertiary alicyclic amines) is 1. The van der Waals surface area contributed by atoms with Crippen molar-refractivity contribution in [2.45, 2.75) is 44.1 Å². The molecular weight excluding hydrogens is 364 g/mol. The van der Waals surface area contributed by atoms with Gasteiger partial charge in [-0.1, -0.05) is 11.8 Å². The third kappa shape index (κ3) is 4.72. The summed E-state index contributed by atoms with van der Waals surface area (Å²) in [6.07, 6.45) is 3.23. The summed E-state index contributed by atoms with van der Waals surface area (Å²) >= 11 is 1.20. The van der Waals surface area contributed by atoms with Crippen molar-refractivity contribution >= 4 is 17.7 Å². The molecule has 26 heavy (non-hydrogen) atoms. The maximum Gasteiger partial charge on any atom is 0.387 e. The lowest BCUT2D eigenvalue weighted by Gasteiger charge is -2.33. The molecule has 3 rings (SSSR count). The van der Waals surface area contributed by atoms with E-state index in [1.807, 2.05) is 4.90 Å². The summed E-state index contributed by atoms with van der Waals surface area (Å²) in [7, 11) is 0. The lowest BCUT2D eigenvalue weighted by molar-refractivity contribution is -0.131. The Labute approximate surface area is 153 Å². The van der Waals surface area contributed by atoms with Crippen molar-refractivity contribution in [3.05, 3.63) is 24.3 Å². The number of rotatable bonds is 6. The standard InChI is InChI=1S/C17H19F2N3O3S/c1-11-4-2-3-9-22(11)14(23)10-26-17-21-20-15(25-17)12-5-7-13(8-6-12)24-16(18)19/h5-8,11,16H,2-4,9-10H2,1H3. The van der Waals surface area contributed by atoms with Crippen molar-refractivity contribution in [1.29, 1.82) is 0 Å². The number of nitrogens with zero attached hydrogens (tertiary/aromatic N) is 3. The SMILES string of the molecule is CC1CCCCN1C(=O)CSc1nnc(-c2ccc(OC(F)F)cc2)o1. The lowest BCUT2D eigenvalue weighted by Crippen LogP contribution is -2.42. The number of thioether (sulfide) groups is 1. The zero-order valence-electron chi connectivity index (χ0n) is 14.2. The fraction of sp³-hybridized carbons (Fsp3) is 0.471. The second-order valence-corrected chi connectivity index (χ2v) is 6.92. The molecule has 140 valence electrons. The number of hydrogen-bond donors (Lipinski definition) is 0. The van der Waals surface area contributed by atoms with Crippen LogP contribution in [-0.4, -0.2) is 46.0 Å². The van der Waals surface area contributed by atoms with Gasteiger partial charge in [-0.2, -0.15) is 8.78 Å². The van der Waals surface area contributed by atoms with Crippen LogP contribution in [0.1, 0.15) is 26.2 Å². The first kappa shape index (κ1) is 18.6. The van der Waals surface area contributed by atoms with Gasteiger partial charge >= 0.3 is 6.61 Å². The predicted molar refractivity (Wildman–Crippen MR) is 92.1 cm³/mol. The van der Waals surface area contributed by atoms with E-state index in [1.54, 1.807) is 12.1 Å². The highest BCUT2D eigenvalue weighted by Gasteiger charge is 2.23. The molecule has 1 aliphatic heterocycles. The van der Waals surface area contributed by atoms with Gasteiger partial charge in [-0.3, -0.25) is 4.79 Å². The molecule has 0 spiro atoms. The van der Waals surface area contributed by atoms with Gasteiger partial charge in [0.05, 0.1) is 5.75 Å². The first-order chi connectivity index (χ1) is 12.5. The molecule has 1 unspecified atom stereocenters. The van der Waals surface area contributed by atoms with Crippen LogP contribution < -0.4 is 4.74 Å². The Bertz CT molecular complexity index is 739. The highest BCUT2D eigenvalue weighted by Crippen LogP contribution is 2.26. The largest absolute Gasteiger partial charge is 0.435 e. The van der Waals surface area contributed by atoms with Crippen molar-refractivity contribution in [3.63, 3.8) is 0 Å². The third-order valence-electron chi connectivity index (χ3n) is 4.18. The molecule has 1 aromatic heterocycles. The normalized spacial score (nSPS) is 17.5. The molecule has 2 aromatic rings. The highest BCUT2D eigenvalue weighted by molar-refractivity contribution is 7.99. The molecule has 0 radical (unpaired) electrons. The van der Waals surface area contributed by atoms with Crippen molar-refractivity contribution in [3.8, 4) is 17.2 Å². The lowest BCUT2D eigenvalue weighted by atomic mass is 10.0. The Morgan fingerprint density at radius 3 is 2.81 bits per heavy atom. The summed E-state index contributed by atoms with van der Waals surface area (Å²) in [6.45, 7) is -0.0104. The average molecular weight is 383 g/mol. The van der Waals surface area contributed by atoms with Crippen LogP contribution in [0.3, 0.4) is 0 Å². The van der Waals surface area contributed by atoms with Crippen LogP contribution in [0.4, 0.5) is 8.78 Å². The number of alkyl halides is 2. The average Bonchev–Trinajstić information content (AvgIpc) is 3.09. The number of ether oxygens (including phenoxy) is 1. The van der Waals surface area contributed by atoms with Gasteiger partial charge in [0.15, 0.2) is 0 Å². The summed E-state index contributed by atoms with van der Waals surface area (Å²) < 4.78 is 34.1. The van der Waals surface area contributed by atoms with Crippen LogP contribution in [-0.2, 0) is 4.79 Å². The summed E-state index contributed by atoms with van der Waals surface area (Å²) in [4.78, 5) is 14.2. The minimum atomic E-state index is -2.87. The van der Waals surface area contributed by atoms with Crippen LogP contribution in [0.25, 0.3) is 11.5 Å². The summed E-state index contributed by atoms with van der Waals surface area (Å²) in [6, 6.07) is 6.18. The van der Waals surface area contributed by atoms with E-state index in [9.17, 15) is 13.6 Å². The number of halogens is 2. The number of aromatic nitrogens is 2. The van der Waals surface area contributed by atoms with E-state index in [0.717, 1.165) is 25.8 Å². The third-order valence-corrected chi connectivity index (χ3v) is 4.98. The summed E-state index contributed by atoms with van der Waals surface area (Å²) in [5, 5.41) is 8.15. The van der Waals surface area contributed by atoms with Gasteiger partial charge in [0.1, 0.15) is 5.75 Å². The van der Waals surface area contributed by atoms with E-state index in [-0.39, 0.29) is 29.3 Å². The van der Waals surface area contributed by atoms with Crippen LogP contribution in [0.5, 0.6) is 5.75 Å². The van der Waals surface area contributed by atoms with E-state index < -0.39 is 6.61 Å². The quantitative estimate of drug-likeness (QED) is 0.706. The predicted octanol–water partition coefficient (Wildman–Crippen LogP) is 3.83. The van der Waals surface area contributed by atoms with E-state index in [2.05, 4.69) is 21.9 Å². The molecule has 1 aliphatic rings. The first-order valence-corrected chi connectivity index (χ1v) is 9.32. The Balaban J connectivity index is 1.57. The number of benzene rings is 1.